The molecule has 13 heavy (non-hydrogen) atoms. The lowest BCUT2D eigenvalue weighted by atomic mass is 10.1. The van der Waals surface area contributed by atoms with Crippen LogP contribution in [0, 0.1) is 5.92 Å². The first-order valence-electron chi connectivity index (χ1n) is 4.73. The van der Waals surface area contributed by atoms with E-state index in [2.05, 4.69) is 4.90 Å². The number of aliphatic carboxylic acids is 1. The second-order valence-electron chi connectivity index (χ2n) is 3.51. The second kappa shape index (κ2) is 5.19. The third-order valence-corrected chi connectivity index (χ3v) is 2.27. The van der Waals surface area contributed by atoms with Gasteiger partial charge in [0.05, 0.1) is 12.5 Å². The molecule has 1 heterocycles. The van der Waals surface area contributed by atoms with Crippen molar-refractivity contribution < 1.29 is 14.6 Å². The molecule has 1 fully saturated rings. The maximum absolute atomic E-state index is 10.6. The van der Waals surface area contributed by atoms with Crippen molar-refractivity contribution in [3.8, 4) is 0 Å². The van der Waals surface area contributed by atoms with Gasteiger partial charge in [0.2, 0.25) is 0 Å². The lowest BCUT2D eigenvalue weighted by Crippen LogP contribution is -2.33. The Hall–Kier alpha value is -0.610. The molecule has 4 nitrogen and oxygen atoms in total. The van der Waals surface area contributed by atoms with Crippen molar-refractivity contribution in [2.24, 2.45) is 5.92 Å². The van der Waals surface area contributed by atoms with Crippen molar-refractivity contribution in [1.29, 1.82) is 0 Å². The maximum atomic E-state index is 10.6. The van der Waals surface area contributed by atoms with Gasteiger partial charge in [-0.15, -0.1) is 0 Å². The number of carboxylic acid groups (broad SMARTS) is 1. The highest BCUT2D eigenvalue weighted by atomic mass is 16.5. The zero-order valence-corrected chi connectivity index (χ0v) is 8.03. The molecule has 0 aliphatic carbocycles. The average Bonchev–Trinajstić information content (AvgIpc) is 2.32. The van der Waals surface area contributed by atoms with Crippen molar-refractivity contribution in [2.75, 3.05) is 32.8 Å². The molecule has 1 atom stereocenters. The largest absolute Gasteiger partial charge is 0.481 e. The van der Waals surface area contributed by atoms with Gasteiger partial charge in [-0.1, -0.05) is 6.92 Å². The minimum atomic E-state index is -0.717. The quantitative estimate of drug-likeness (QED) is 0.696. The lowest BCUT2D eigenvalue weighted by molar-refractivity contribution is -0.141. The Bertz CT molecular complexity index is 164. The molecule has 4 heteroatoms. The molecule has 0 saturated carbocycles. The topological polar surface area (TPSA) is 49.8 Å². The fraction of sp³-hybridized carbons (Fsp3) is 0.889. The van der Waals surface area contributed by atoms with Gasteiger partial charge < -0.3 is 14.7 Å². The molecule has 1 N–H and O–H groups in total. The number of nitrogens with zero attached hydrogens (tertiary/aromatic N) is 1. The monoisotopic (exact) mass is 187 g/mol. The van der Waals surface area contributed by atoms with Gasteiger partial charge in [0.1, 0.15) is 0 Å². The molecule has 76 valence electrons. The first kappa shape index (κ1) is 10.5. The van der Waals surface area contributed by atoms with Crippen LogP contribution in [0.2, 0.25) is 0 Å². The van der Waals surface area contributed by atoms with Gasteiger partial charge in [-0.3, -0.25) is 4.79 Å². The average molecular weight is 187 g/mol. The van der Waals surface area contributed by atoms with Crippen LogP contribution in [0.3, 0.4) is 0 Å². The normalized spacial score (nSPS) is 22.2. The number of carboxylic acids is 1. The highest BCUT2D eigenvalue weighted by Gasteiger charge is 2.16. The van der Waals surface area contributed by atoms with Crippen LogP contribution in [-0.2, 0) is 9.53 Å². The molecule has 0 bridgehead atoms. The van der Waals surface area contributed by atoms with E-state index >= 15 is 0 Å². The van der Waals surface area contributed by atoms with E-state index in [1.807, 2.05) is 0 Å². The number of hydrogen-bond donors (Lipinski definition) is 1. The minimum absolute atomic E-state index is 0.280. The molecule has 0 aromatic heterocycles. The number of carbonyl (C=O) groups is 1. The first-order valence-corrected chi connectivity index (χ1v) is 4.73. The second-order valence-corrected chi connectivity index (χ2v) is 3.51. The van der Waals surface area contributed by atoms with E-state index in [4.69, 9.17) is 9.84 Å². The molecule has 0 spiro atoms. The molecule has 0 aromatic carbocycles. The molecule has 1 aliphatic heterocycles. The number of hydrogen-bond acceptors (Lipinski definition) is 3. The summed E-state index contributed by atoms with van der Waals surface area (Å²) >= 11 is 0. The van der Waals surface area contributed by atoms with Crippen molar-refractivity contribution in [2.45, 2.75) is 13.3 Å². The van der Waals surface area contributed by atoms with E-state index < -0.39 is 5.97 Å². The SMILES string of the molecule is CC(CN1CCCOCC1)C(=O)O. The highest BCUT2D eigenvalue weighted by Crippen LogP contribution is 2.04. The highest BCUT2D eigenvalue weighted by molar-refractivity contribution is 5.69. The Morgan fingerprint density at radius 3 is 3.00 bits per heavy atom. The van der Waals surface area contributed by atoms with E-state index in [1.165, 1.54) is 0 Å². The molecule has 1 aliphatic rings. The van der Waals surface area contributed by atoms with Gasteiger partial charge in [0.15, 0.2) is 0 Å². The van der Waals surface area contributed by atoms with Gasteiger partial charge >= 0.3 is 5.97 Å². The molecular weight excluding hydrogens is 170 g/mol. The molecule has 1 saturated heterocycles. The Morgan fingerprint density at radius 2 is 2.31 bits per heavy atom. The summed E-state index contributed by atoms with van der Waals surface area (Å²) in [4.78, 5) is 12.8. The fourth-order valence-corrected chi connectivity index (χ4v) is 1.45. The van der Waals surface area contributed by atoms with E-state index in [1.54, 1.807) is 6.92 Å². The van der Waals surface area contributed by atoms with E-state index in [-0.39, 0.29) is 5.92 Å². The number of ether oxygens (including phenoxy) is 1. The summed E-state index contributed by atoms with van der Waals surface area (Å²) in [5.41, 5.74) is 0. The molecular formula is C9H17NO3. The minimum Gasteiger partial charge on any atom is -0.481 e. The Kier molecular flexibility index (Phi) is 4.18. The van der Waals surface area contributed by atoms with Crippen molar-refractivity contribution >= 4 is 5.97 Å². The molecule has 0 aromatic rings. The number of rotatable bonds is 3. The van der Waals surface area contributed by atoms with Gasteiger partial charge in [-0.25, -0.2) is 0 Å². The van der Waals surface area contributed by atoms with Crippen LogP contribution in [0.25, 0.3) is 0 Å². The van der Waals surface area contributed by atoms with Crippen LogP contribution >= 0.6 is 0 Å². The van der Waals surface area contributed by atoms with Crippen LogP contribution < -0.4 is 0 Å². The van der Waals surface area contributed by atoms with Crippen LogP contribution in [0.4, 0.5) is 0 Å². The summed E-state index contributed by atoms with van der Waals surface area (Å²) in [6.45, 7) is 5.73. The Morgan fingerprint density at radius 1 is 1.54 bits per heavy atom. The fourth-order valence-electron chi connectivity index (χ4n) is 1.45. The van der Waals surface area contributed by atoms with Gasteiger partial charge in [0.25, 0.3) is 0 Å². The Labute approximate surface area is 78.5 Å². The maximum Gasteiger partial charge on any atom is 0.307 e. The summed E-state index contributed by atoms with van der Waals surface area (Å²) in [5, 5.41) is 8.73. The van der Waals surface area contributed by atoms with Crippen LogP contribution in [0.1, 0.15) is 13.3 Å². The van der Waals surface area contributed by atoms with Crippen molar-refractivity contribution in [1.82, 2.24) is 4.90 Å². The van der Waals surface area contributed by atoms with Gasteiger partial charge in [-0.2, -0.15) is 0 Å². The van der Waals surface area contributed by atoms with Gasteiger partial charge in [-0.05, 0) is 6.42 Å². The van der Waals surface area contributed by atoms with Crippen LogP contribution in [0.5, 0.6) is 0 Å². The van der Waals surface area contributed by atoms with E-state index in [0.717, 1.165) is 32.7 Å². The summed E-state index contributed by atoms with van der Waals surface area (Å²) < 4.78 is 5.28. The predicted octanol–water partition coefficient (Wildman–Crippen LogP) is 0.429. The van der Waals surface area contributed by atoms with E-state index in [0.29, 0.717) is 6.54 Å². The molecule has 0 amide bonds. The van der Waals surface area contributed by atoms with Gasteiger partial charge in [0, 0.05) is 26.2 Å². The van der Waals surface area contributed by atoms with Crippen molar-refractivity contribution in [3.63, 3.8) is 0 Å². The van der Waals surface area contributed by atoms with Crippen LogP contribution in [-0.4, -0.2) is 48.8 Å². The predicted molar refractivity (Wildman–Crippen MR) is 48.7 cm³/mol. The van der Waals surface area contributed by atoms with E-state index in [9.17, 15) is 4.79 Å². The standard InChI is InChI=1S/C9H17NO3/c1-8(9(11)12)7-10-3-2-5-13-6-4-10/h8H,2-7H2,1H3,(H,11,12). The zero-order valence-electron chi connectivity index (χ0n) is 8.03. The summed E-state index contributed by atoms with van der Waals surface area (Å²) in [6, 6.07) is 0. The Balaban J connectivity index is 2.29. The smallest absolute Gasteiger partial charge is 0.307 e. The lowest BCUT2D eigenvalue weighted by Gasteiger charge is -2.20. The summed E-state index contributed by atoms with van der Waals surface area (Å²) in [7, 11) is 0. The summed E-state index contributed by atoms with van der Waals surface area (Å²) in [6.07, 6.45) is 1.01. The first-order chi connectivity index (χ1) is 6.20. The van der Waals surface area contributed by atoms with Crippen molar-refractivity contribution in [3.05, 3.63) is 0 Å². The third-order valence-electron chi connectivity index (χ3n) is 2.27. The summed E-state index contributed by atoms with van der Waals surface area (Å²) in [5.74, 6) is -0.997. The third kappa shape index (κ3) is 3.74. The zero-order chi connectivity index (χ0) is 9.68. The molecule has 0 radical (unpaired) electrons. The molecule has 1 rings (SSSR count). The molecule has 1 unspecified atom stereocenters. The van der Waals surface area contributed by atoms with Crippen LogP contribution in [0.15, 0.2) is 0 Å².